The fourth-order valence-corrected chi connectivity index (χ4v) is 1.75. The summed E-state index contributed by atoms with van der Waals surface area (Å²) in [5.74, 6) is 0.786. The van der Waals surface area contributed by atoms with Gasteiger partial charge >= 0.3 is 0 Å². The molecule has 1 aromatic heterocycles. The van der Waals surface area contributed by atoms with E-state index in [9.17, 15) is 0 Å². The number of nitrogens with zero attached hydrogens (tertiary/aromatic N) is 2. The third kappa shape index (κ3) is 4.35. The molecule has 0 fully saturated rings. The van der Waals surface area contributed by atoms with E-state index in [1.165, 1.54) is 12.1 Å². The fraction of sp³-hybridized carbons (Fsp3) is 0.769. The van der Waals surface area contributed by atoms with Gasteiger partial charge in [-0.25, -0.2) is 0 Å². The van der Waals surface area contributed by atoms with Crippen molar-refractivity contribution in [1.29, 1.82) is 0 Å². The summed E-state index contributed by atoms with van der Waals surface area (Å²) in [6.45, 7) is 11.9. The van der Waals surface area contributed by atoms with Crippen molar-refractivity contribution in [2.24, 2.45) is 5.92 Å². The van der Waals surface area contributed by atoms with Gasteiger partial charge < -0.3 is 5.32 Å². The van der Waals surface area contributed by atoms with Gasteiger partial charge in [0.1, 0.15) is 0 Å². The highest BCUT2D eigenvalue weighted by atomic mass is 15.3. The minimum atomic E-state index is 0.786. The van der Waals surface area contributed by atoms with E-state index in [0.29, 0.717) is 0 Å². The summed E-state index contributed by atoms with van der Waals surface area (Å²) in [4.78, 5) is 0. The largest absolute Gasteiger partial charge is 0.316 e. The van der Waals surface area contributed by atoms with E-state index in [4.69, 9.17) is 0 Å². The first-order valence-electron chi connectivity index (χ1n) is 6.35. The molecule has 1 heterocycles. The van der Waals surface area contributed by atoms with Crippen molar-refractivity contribution in [1.82, 2.24) is 15.1 Å². The zero-order valence-electron chi connectivity index (χ0n) is 11.1. The molecule has 0 bridgehead atoms. The monoisotopic (exact) mass is 223 g/mol. The van der Waals surface area contributed by atoms with E-state index in [1.54, 1.807) is 0 Å². The molecular formula is C13H25N3. The molecule has 3 nitrogen and oxygen atoms in total. The van der Waals surface area contributed by atoms with Crippen LogP contribution in [-0.2, 0) is 6.54 Å². The lowest BCUT2D eigenvalue weighted by Crippen LogP contribution is -2.23. The molecule has 0 saturated carbocycles. The van der Waals surface area contributed by atoms with E-state index in [2.05, 4.69) is 41.9 Å². The van der Waals surface area contributed by atoms with Crippen LogP contribution in [0.2, 0.25) is 0 Å². The van der Waals surface area contributed by atoms with Crippen LogP contribution in [0.5, 0.6) is 0 Å². The molecule has 0 radical (unpaired) electrons. The molecule has 0 aliphatic rings. The quantitative estimate of drug-likeness (QED) is 0.720. The topological polar surface area (TPSA) is 29.9 Å². The first kappa shape index (κ1) is 13.2. The van der Waals surface area contributed by atoms with Gasteiger partial charge in [-0.05, 0) is 45.3 Å². The van der Waals surface area contributed by atoms with Gasteiger partial charge in [-0.15, -0.1) is 0 Å². The van der Waals surface area contributed by atoms with E-state index < -0.39 is 0 Å². The first-order valence-corrected chi connectivity index (χ1v) is 6.35. The van der Waals surface area contributed by atoms with Gasteiger partial charge in [0.15, 0.2) is 0 Å². The molecule has 1 rings (SSSR count). The summed E-state index contributed by atoms with van der Waals surface area (Å²) < 4.78 is 2.10. The normalized spacial score (nSPS) is 13.0. The maximum atomic E-state index is 4.45. The summed E-state index contributed by atoms with van der Waals surface area (Å²) in [5, 5.41) is 7.94. The van der Waals surface area contributed by atoms with Crippen molar-refractivity contribution >= 4 is 0 Å². The van der Waals surface area contributed by atoms with Crippen LogP contribution in [0, 0.1) is 19.8 Å². The second-order valence-corrected chi connectivity index (χ2v) is 4.72. The molecular weight excluding hydrogens is 198 g/mol. The second-order valence-electron chi connectivity index (χ2n) is 4.72. The van der Waals surface area contributed by atoms with Gasteiger partial charge in [0.05, 0.1) is 5.69 Å². The standard InChI is InChI=1S/C13H25N3/c1-5-11(2)10-14-7-6-8-16-13(4)9-12(3)15-16/h9,11,14H,5-8,10H2,1-4H3. The Morgan fingerprint density at radius 3 is 2.75 bits per heavy atom. The molecule has 1 N–H and O–H groups in total. The van der Waals surface area contributed by atoms with Crippen molar-refractivity contribution in [3.8, 4) is 0 Å². The predicted molar refractivity (Wildman–Crippen MR) is 68.6 cm³/mol. The third-order valence-electron chi connectivity index (χ3n) is 3.02. The van der Waals surface area contributed by atoms with Gasteiger partial charge in [-0.1, -0.05) is 20.3 Å². The lowest BCUT2D eigenvalue weighted by atomic mass is 10.1. The Kier molecular flexibility index (Phi) is 5.53. The average Bonchev–Trinajstić information content (AvgIpc) is 2.56. The number of aryl methyl sites for hydroxylation is 3. The Balaban J connectivity index is 2.14. The molecule has 0 spiro atoms. The molecule has 16 heavy (non-hydrogen) atoms. The Hall–Kier alpha value is -0.830. The van der Waals surface area contributed by atoms with E-state index >= 15 is 0 Å². The van der Waals surface area contributed by atoms with Gasteiger partial charge in [-0.3, -0.25) is 4.68 Å². The molecule has 0 amide bonds. The summed E-state index contributed by atoms with van der Waals surface area (Å²) in [5.41, 5.74) is 2.38. The second kappa shape index (κ2) is 6.69. The van der Waals surface area contributed by atoms with Gasteiger partial charge in [0, 0.05) is 12.2 Å². The molecule has 0 aromatic carbocycles. The van der Waals surface area contributed by atoms with E-state index in [1.807, 2.05) is 6.92 Å². The molecule has 0 aliphatic heterocycles. The van der Waals surface area contributed by atoms with Gasteiger partial charge in [-0.2, -0.15) is 5.10 Å². The van der Waals surface area contributed by atoms with Crippen LogP contribution in [-0.4, -0.2) is 22.9 Å². The third-order valence-corrected chi connectivity index (χ3v) is 3.02. The minimum absolute atomic E-state index is 0.786. The van der Waals surface area contributed by atoms with Crippen LogP contribution >= 0.6 is 0 Å². The number of aromatic nitrogens is 2. The predicted octanol–water partition coefficient (Wildman–Crippen LogP) is 2.53. The smallest absolute Gasteiger partial charge is 0.0596 e. The molecule has 1 aromatic rings. The minimum Gasteiger partial charge on any atom is -0.316 e. The van der Waals surface area contributed by atoms with Crippen molar-refractivity contribution in [3.63, 3.8) is 0 Å². The maximum absolute atomic E-state index is 4.45. The number of hydrogen-bond donors (Lipinski definition) is 1. The summed E-state index contributed by atoms with van der Waals surface area (Å²) >= 11 is 0. The lowest BCUT2D eigenvalue weighted by molar-refractivity contribution is 0.474. The van der Waals surface area contributed by atoms with Gasteiger partial charge in [0.25, 0.3) is 0 Å². The van der Waals surface area contributed by atoms with E-state index in [-0.39, 0.29) is 0 Å². The maximum Gasteiger partial charge on any atom is 0.0596 e. The van der Waals surface area contributed by atoms with Crippen LogP contribution < -0.4 is 5.32 Å². The van der Waals surface area contributed by atoms with Crippen molar-refractivity contribution in [2.75, 3.05) is 13.1 Å². The molecule has 3 heteroatoms. The van der Waals surface area contributed by atoms with Crippen LogP contribution in [0.3, 0.4) is 0 Å². The average molecular weight is 223 g/mol. The highest BCUT2D eigenvalue weighted by Gasteiger charge is 2.00. The lowest BCUT2D eigenvalue weighted by Gasteiger charge is -2.10. The SMILES string of the molecule is CCC(C)CNCCCn1nc(C)cc1C. The Labute approximate surface area is 99.2 Å². The number of rotatable bonds is 7. The molecule has 92 valence electrons. The first-order chi connectivity index (χ1) is 7.63. The summed E-state index contributed by atoms with van der Waals surface area (Å²) in [6.07, 6.45) is 2.41. The zero-order chi connectivity index (χ0) is 12.0. The molecule has 1 atom stereocenters. The number of nitrogens with one attached hydrogen (secondary N) is 1. The highest BCUT2D eigenvalue weighted by molar-refractivity contribution is 5.06. The van der Waals surface area contributed by atoms with Crippen LogP contribution in [0.15, 0.2) is 6.07 Å². The summed E-state index contributed by atoms with van der Waals surface area (Å²) in [7, 11) is 0. The summed E-state index contributed by atoms with van der Waals surface area (Å²) in [6, 6.07) is 2.13. The fourth-order valence-electron chi connectivity index (χ4n) is 1.75. The Bertz CT molecular complexity index is 304. The zero-order valence-corrected chi connectivity index (χ0v) is 11.1. The Morgan fingerprint density at radius 2 is 2.19 bits per heavy atom. The molecule has 0 saturated heterocycles. The number of hydrogen-bond acceptors (Lipinski definition) is 2. The van der Waals surface area contributed by atoms with Gasteiger partial charge in [0.2, 0.25) is 0 Å². The van der Waals surface area contributed by atoms with Crippen LogP contribution in [0.1, 0.15) is 38.1 Å². The van der Waals surface area contributed by atoms with Crippen molar-refractivity contribution in [2.45, 2.75) is 47.1 Å². The van der Waals surface area contributed by atoms with Crippen LogP contribution in [0.25, 0.3) is 0 Å². The van der Waals surface area contributed by atoms with E-state index in [0.717, 1.165) is 37.7 Å². The Morgan fingerprint density at radius 1 is 1.44 bits per heavy atom. The van der Waals surface area contributed by atoms with Crippen molar-refractivity contribution in [3.05, 3.63) is 17.5 Å². The van der Waals surface area contributed by atoms with Crippen molar-refractivity contribution < 1.29 is 0 Å². The van der Waals surface area contributed by atoms with Crippen LogP contribution in [0.4, 0.5) is 0 Å². The highest BCUT2D eigenvalue weighted by Crippen LogP contribution is 2.02. The molecule has 1 unspecified atom stereocenters. The molecule has 0 aliphatic carbocycles.